The van der Waals surface area contributed by atoms with E-state index in [1.54, 1.807) is 26.0 Å². The summed E-state index contributed by atoms with van der Waals surface area (Å²) in [5, 5.41) is 5.96. The summed E-state index contributed by atoms with van der Waals surface area (Å²) in [7, 11) is 0. The molecule has 1 saturated heterocycles. The summed E-state index contributed by atoms with van der Waals surface area (Å²) < 4.78 is 10.4. The molecule has 0 aliphatic carbocycles. The fourth-order valence-electron chi connectivity index (χ4n) is 3.11. The second-order valence-corrected chi connectivity index (χ2v) is 7.76. The van der Waals surface area contributed by atoms with Gasteiger partial charge in [0.25, 0.3) is 5.91 Å². The first-order valence-corrected chi connectivity index (χ1v) is 10.6. The Bertz CT molecular complexity index is 907. The molecule has 0 unspecified atom stereocenters. The average Bonchev–Trinajstić information content (AvgIpc) is 3.05. The van der Waals surface area contributed by atoms with E-state index < -0.39 is 11.9 Å². The monoisotopic (exact) mass is 431 g/mol. The molecule has 1 aromatic heterocycles. The molecule has 2 aromatic rings. The Hall–Kier alpha value is -2.75. The van der Waals surface area contributed by atoms with Crippen LogP contribution in [0.4, 0.5) is 10.7 Å². The zero-order chi connectivity index (χ0) is 21.5. The lowest BCUT2D eigenvalue weighted by molar-refractivity contribution is -0.118. The van der Waals surface area contributed by atoms with Gasteiger partial charge < -0.3 is 20.1 Å². The van der Waals surface area contributed by atoms with Crippen LogP contribution in [-0.4, -0.2) is 62.1 Å². The van der Waals surface area contributed by atoms with Crippen molar-refractivity contribution in [2.75, 3.05) is 50.1 Å². The van der Waals surface area contributed by atoms with E-state index in [9.17, 15) is 14.4 Å². The van der Waals surface area contributed by atoms with Crippen molar-refractivity contribution in [1.29, 1.82) is 0 Å². The van der Waals surface area contributed by atoms with Gasteiger partial charge in [0.2, 0.25) is 5.91 Å². The van der Waals surface area contributed by atoms with Crippen LogP contribution in [0.5, 0.6) is 0 Å². The summed E-state index contributed by atoms with van der Waals surface area (Å²) in [6.07, 6.45) is 0. The van der Waals surface area contributed by atoms with Crippen LogP contribution in [0.1, 0.15) is 32.5 Å². The zero-order valence-electron chi connectivity index (χ0n) is 17.0. The molecule has 0 spiro atoms. The average molecular weight is 432 g/mol. The summed E-state index contributed by atoms with van der Waals surface area (Å²) in [5.41, 5.74) is 1.37. The largest absolute Gasteiger partial charge is 0.462 e. The summed E-state index contributed by atoms with van der Waals surface area (Å²) in [5.74, 6) is -1.16. The van der Waals surface area contributed by atoms with Crippen molar-refractivity contribution in [1.82, 2.24) is 4.90 Å². The van der Waals surface area contributed by atoms with E-state index in [0.29, 0.717) is 47.4 Å². The third-order valence-electron chi connectivity index (χ3n) is 4.59. The number of esters is 1. The number of hydrogen-bond acceptors (Lipinski definition) is 7. The third-order valence-corrected chi connectivity index (χ3v) is 5.78. The minimum absolute atomic E-state index is 0.189. The molecule has 2 heterocycles. The highest BCUT2D eigenvalue weighted by Crippen LogP contribution is 2.34. The van der Waals surface area contributed by atoms with Crippen LogP contribution in [0.3, 0.4) is 0 Å². The summed E-state index contributed by atoms with van der Waals surface area (Å²) in [4.78, 5) is 40.2. The Balaban J connectivity index is 1.83. The number of anilines is 2. The van der Waals surface area contributed by atoms with Crippen LogP contribution >= 0.6 is 11.3 Å². The molecular weight excluding hydrogens is 406 g/mol. The molecule has 1 aliphatic rings. The topological polar surface area (TPSA) is 97.0 Å². The number of hydrogen-bond donors (Lipinski definition) is 2. The van der Waals surface area contributed by atoms with Gasteiger partial charge in [0.15, 0.2) is 0 Å². The van der Waals surface area contributed by atoms with E-state index in [2.05, 4.69) is 10.6 Å². The van der Waals surface area contributed by atoms with Crippen LogP contribution in [0.2, 0.25) is 0 Å². The van der Waals surface area contributed by atoms with E-state index in [1.807, 2.05) is 23.1 Å². The maximum atomic E-state index is 13.0. The molecule has 0 saturated carbocycles. The number of para-hydroxylation sites is 1. The second kappa shape index (κ2) is 10.3. The molecule has 1 aromatic carbocycles. The molecule has 160 valence electrons. The molecule has 0 atom stereocenters. The fraction of sp³-hybridized carbons (Fsp3) is 0.381. The van der Waals surface area contributed by atoms with Gasteiger partial charge in [0.1, 0.15) is 9.88 Å². The maximum Gasteiger partial charge on any atom is 0.348 e. The van der Waals surface area contributed by atoms with Crippen LogP contribution < -0.4 is 10.6 Å². The second-order valence-electron chi connectivity index (χ2n) is 6.74. The number of amides is 2. The van der Waals surface area contributed by atoms with Gasteiger partial charge in [-0.25, -0.2) is 4.79 Å². The van der Waals surface area contributed by atoms with Crippen molar-refractivity contribution in [3.63, 3.8) is 0 Å². The van der Waals surface area contributed by atoms with Crippen molar-refractivity contribution in [3.8, 4) is 0 Å². The quantitative estimate of drug-likeness (QED) is 0.655. The summed E-state index contributed by atoms with van der Waals surface area (Å²) in [6, 6.07) is 9.00. The number of morpholine rings is 1. The van der Waals surface area contributed by atoms with Gasteiger partial charge in [0.05, 0.1) is 31.9 Å². The molecule has 30 heavy (non-hydrogen) atoms. The molecule has 2 N–H and O–H groups in total. The van der Waals surface area contributed by atoms with E-state index in [4.69, 9.17) is 9.47 Å². The first-order valence-electron chi connectivity index (χ1n) is 9.76. The van der Waals surface area contributed by atoms with Gasteiger partial charge in [-0.1, -0.05) is 18.2 Å². The van der Waals surface area contributed by atoms with E-state index in [1.165, 1.54) is 0 Å². The standard InChI is InChI=1S/C21H25N3O5S/c1-3-29-21(27)18-14(2)17(19(26)22-15-7-5-4-6-8-15)20(30-18)23-16(25)13-24-9-11-28-12-10-24/h4-8H,3,9-13H2,1-2H3,(H,22,26)(H,23,25). The Morgan fingerprint density at radius 1 is 1.13 bits per heavy atom. The smallest absolute Gasteiger partial charge is 0.348 e. The van der Waals surface area contributed by atoms with Crippen molar-refractivity contribution >= 4 is 39.8 Å². The van der Waals surface area contributed by atoms with Crippen molar-refractivity contribution in [3.05, 3.63) is 46.3 Å². The molecule has 2 amide bonds. The molecule has 0 radical (unpaired) electrons. The normalized spacial score (nSPS) is 14.2. The van der Waals surface area contributed by atoms with Crippen molar-refractivity contribution < 1.29 is 23.9 Å². The van der Waals surface area contributed by atoms with E-state index in [-0.39, 0.29) is 24.6 Å². The SMILES string of the molecule is CCOC(=O)c1sc(NC(=O)CN2CCOCC2)c(C(=O)Nc2ccccc2)c1C. The number of nitrogens with one attached hydrogen (secondary N) is 2. The highest BCUT2D eigenvalue weighted by atomic mass is 32.1. The van der Waals surface area contributed by atoms with Gasteiger partial charge in [-0.15, -0.1) is 11.3 Å². The van der Waals surface area contributed by atoms with E-state index in [0.717, 1.165) is 11.3 Å². The summed E-state index contributed by atoms with van der Waals surface area (Å²) in [6.45, 7) is 6.33. The lowest BCUT2D eigenvalue weighted by atomic mass is 10.1. The lowest BCUT2D eigenvalue weighted by Gasteiger charge is -2.25. The molecule has 1 fully saturated rings. The van der Waals surface area contributed by atoms with Crippen LogP contribution in [0.15, 0.2) is 30.3 Å². The first-order chi connectivity index (χ1) is 14.5. The Labute approximate surface area is 179 Å². The number of rotatable bonds is 7. The molecule has 1 aliphatic heterocycles. The maximum absolute atomic E-state index is 13.0. The number of benzene rings is 1. The molecule has 8 nitrogen and oxygen atoms in total. The fourth-order valence-corrected chi connectivity index (χ4v) is 4.22. The number of thiophene rings is 1. The number of ether oxygens (including phenoxy) is 2. The summed E-state index contributed by atoms with van der Waals surface area (Å²) >= 11 is 1.05. The zero-order valence-corrected chi connectivity index (χ0v) is 17.8. The van der Waals surface area contributed by atoms with Crippen LogP contribution in [-0.2, 0) is 14.3 Å². The van der Waals surface area contributed by atoms with Crippen molar-refractivity contribution in [2.45, 2.75) is 13.8 Å². The Morgan fingerprint density at radius 2 is 1.83 bits per heavy atom. The molecule has 3 rings (SSSR count). The number of carbonyl (C=O) groups excluding carboxylic acids is 3. The predicted molar refractivity (Wildman–Crippen MR) is 115 cm³/mol. The van der Waals surface area contributed by atoms with Crippen LogP contribution in [0.25, 0.3) is 0 Å². The van der Waals surface area contributed by atoms with Crippen LogP contribution in [0, 0.1) is 6.92 Å². The Morgan fingerprint density at radius 3 is 2.50 bits per heavy atom. The predicted octanol–water partition coefficient (Wildman–Crippen LogP) is 2.76. The minimum Gasteiger partial charge on any atom is -0.462 e. The highest BCUT2D eigenvalue weighted by molar-refractivity contribution is 7.18. The van der Waals surface area contributed by atoms with Gasteiger partial charge in [0, 0.05) is 18.8 Å². The van der Waals surface area contributed by atoms with Crippen molar-refractivity contribution in [2.24, 2.45) is 0 Å². The third kappa shape index (κ3) is 5.44. The van der Waals surface area contributed by atoms with Gasteiger partial charge in [-0.05, 0) is 31.5 Å². The number of carbonyl (C=O) groups is 3. The molecule has 0 bridgehead atoms. The van der Waals surface area contributed by atoms with Gasteiger partial charge >= 0.3 is 5.97 Å². The number of nitrogens with zero attached hydrogens (tertiary/aromatic N) is 1. The minimum atomic E-state index is -0.512. The molecular formula is C21H25N3O5S. The lowest BCUT2D eigenvalue weighted by Crippen LogP contribution is -2.41. The first kappa shape index (κ1) is 21.9. The van der Waals surface area contributed by atoms with E-state index >= 15 is 0 Å². The van der Waals surface area contributed by atoms with Gasteiger partial charge in [-0.3, -0.25) is 14.5 Å². The highest BCUT2D eigenvalue weighted by Gasteiger charge is 2.27. The molecule has 9 heteroatoms. The Kier molecular flexibility index (Phi) is 7.56. The van der Waals surface area contributed by atoms with Gasteiger partial charge in [-0.2, -0.15) is 0 Å².